The van der Waals surface area contributed by atoms with Crippen molar-refractivity contribution in [2.45, 2.75) is 32.6 Å². The number of aromatic amines is 1. The highest BCUT2D eigenvalue weighted by Crippen LogP contribution is 2.26. The molecule has 2 aromatic heterocycles. The van der Waals surface area contributed by atoms with E-state index in [-0.39, 0.29) is 0 Å². The summed E-state index contributed by atoms with van der Waals surface area (Å²) in [5.74, 6) is 1.76. The maximum Gasteiger partial charge on any atom is 0.142 e. The van der Waals surface area contributed by atoms with E-state index in [2.05, 4.69) is 34.6 Å². The first-order chi connectivity index (χ1) is 12.3. The quantitative estimate of drug-likeness (QED) is 0.489. The molecule has 0 spiro atoms. The van der Waals surface area contributed by atoms with Gasteiger partial charge in [-0.1, -0.05) is 31.9 Å². The van der Waals surface area contributed by atoms with E-state index in [4.69, 9.17) is 9.97 Å². The van der Waals surface area contributed by atoms with Gasteiger partial charge in [-0.15, -0.1) is 0 Å². The lowest BCUT2D eigenvalue weighted by Gasteiger charge is -2.11. The third kappa shape index (κ3) is 3.31. The van der Waals surface area contributed by atoms with Crippen molar-refractivity contribution >= 4 is 33.3 Å². The molecule has 2 heterocycles. The molecule has 0 bridgehead atoms. The molecule has 0 saturated carbocycles. The maximum absolute atomic E-state index is 4.79. The molecule has 25 heavy (non-hydrogen) atoms. The van der Waals surface area contributed by atoms with Crippen molar-refractivity contribution < 1.29 is 0 Å². The zero-order valence-corrected chi connectivity index (χ0v) is 14.3. The second-order valence-corrected chi connectivity index (χ2v) is 6.26. The predicted octanol–water partition coefficient (Wildman–Crippen LogP) is 4.98. The van der Waals surface area contributed by atoms with Gasteiger partial charge in [0.25, 0.3) is 0 Å². The van der Waals surface area contributed by atoms with Gasteiger partial charge in [0.1, 0.15) is 11.6 Å². The molecule has 2 N–H and O–H groups in total. The van der Waals surface area contributed by atoms with Crippen molar-refractivity contribution in [2.75, 3.05) is 5.32 Å². The summed E-state index contributed by atoms with van der Waals surface area (Å²) in [5, 5.41) is 12.6. The largest absolute Gasteiger partial charge is 0.340 e. The van der Waals surface area contributed by atoms with Crippen LogP contribution in [0.4, 0.5) is 11.5 Å². The number of nitrogens with zero attached hydrogens (tertiary/aromatic N) is 3. The summed E-state index contributed by atoms with van der Waals surface area (Å²) in [5.41, 5.74) is 3.01. The van der Waals surface area contributed by atoms with E-state index < -0.39 is 0 Å². The molecule has 0 aliphatic carbocycles. The Kier molecular flexibility index (Phi) is 4.29. The maximum atomic E-state index is 4.79. The monoisotopic (exact) mass is 331 g/mol. The molecule has 0 amide bonds. The van der Waals surface area contributed by atoms with Crippen LogP contribution in [0, 0.1) is 0 Å². The summed E-state index contributed by atoms with van der Waals surface area (Å²) in [6.07, 6.45) is 6.26. The normalized spacial score (nSPS) is 11.2. The third-order valence-corrected chi connectivity index (χ3v) is 4.36. The first-order valence-corrected chi connectivity index (χ1v) is 8.79. The van der Waals surface area contributed by atoms with Gasteiger partial charge in [-0.25, -0.2) is 9.97 Å². The van der Waals surface area contributed by atoms with Crippen LogP contribution in [0.25, 0.3) is 21.8 Å². The number of hydrogen-bond acceptors (Lipinski definition) is 4. The minimum absolute atomic E-state index is 0.861. The molecular weight excluding hydrogens is 310 g/mol. The van der Waals surface area contributed by atoms with E-state index in [1.165, 1.54) is 12.8 Å². The summed E-state index contributed by atoms with van der Waals surface area (Å²) >= 11 is 0. The number of nitrogens with one attached hydrogen (secondary N) is 2. The number of para-hydroxylation sites is 1. The van der Waals surface area contributed by atoms with Crippen molar-refractivity contribution in [1.29, 1.82) is 0 Å². The van der Waals surface area contributed by atoms with E-state index in [0.717, 1.165) is 52.0 Å². The molecule has 5 heteroatoms. The lowest BCUT2D eigenvalue weighted by Crippen LogP contribution is -2.02. The summed E-state index contributed by atoms with van der Waals surface area (Å²) in [6, 6.07) is 14.3. The molecule has 0 saturated heterocycles. The van der Waals surface area contributed by atoms with Gasteiger partial charge in [0.05, 0.1) is 17.2 Å². The van der Waals surface area contributed by atoms with Gasteiger partial charge < -0.3 is 5.32 Å². The Labute approximate surface area is 146 Å². The Bertz CT molecular complexity index is 1010. The number of aromatic nitrogens is 4. The number of unbranched alkanes of at least 4 members (excludes halogenated alkanes) is 2. The van der Waals surface area contributed by atoms with E-state index in [1.807, 2.05) is 36.5 Å². The molecule has 0 aliphatic heterocycles. The van der Waals surface area contributed by atoms with Crippen LogP contribution in [0.15, 0.2) is 48.7 Å². The lowest BCUT2D eigenvalue weighted by atomic mass is 10.1. The summed E-state index contributed by atoms with van der Waals surface area (Å²) in [6.45, 7) is 2.21. The van der Waals surface area contributed by atoms with Crippen LogP contribution in [0.3, 0.4) is 0 Å². The minimum atomic E-state index is 0.861. The number of H-pyrrole nitrogens is 1. The van der Waals surface area contributed by atoms with E-state index in [0.29, 0.717) is 0 Å². The van der Waals surface area contributed by atoms with Crippen molar-refractivity contribution in [3.05, 3.63) is 54.5 Å². The number of anilines is 2. The Balaban J connectivity index is 1.70. The number of hydrogen-bond donors (Lipinski definition) is 2. The Hall–Kier alpha value is -2.95. The Morgan fingerprint density at radius 3 is 2.88 bits per heavy atom. The van der Waals surface area contributed by atoms with E-state index in [1.54, 1.807) is 0 Å². The second kappa shape index (κ2) is 6.89. The topological polar surface area (TPSA) is 66.5 Å². The second-order valence-electron chi connectivity index (χ2n) is 6.26. The molecule has 0 unspecified atom stereocenters. The fraction of sp³-hybridized carbons (Fsp3) is 0.250. The van der Waals surface area contributed by atoms with Crippen LogP contribution in [0.1, 0.15) is 32.0 Å². The molecule has 0 atom stereocenters. The molecule has 4 aromatic rings. The average molecular weight is 331 g/mol. The predicted molar refractivity (Wildman–Crippen MR) is 102 cm³/mol. The van der Waals surface area contributed by atoms with E-state index >= 15 is 0 Å². The first kappa shape index (κ1) is 15.6. The minimum Gasteiger partial charge on any atom is -0.340 e. The smallest absolute Gasteiger partial charge is 0.142 e. The van der Waals surface area contributed by atoms with Gasteiger partial charge in [0, 0.05) is 22.9 Å². The summed E-state index contributed by atoms with van der Waals surface area (Å²) in [4.78, 5) is 9.51. The highest BCUT2D eigenvalue weighted by Gasteiger charge is 2.08. The van der Waals surface area contributed by atoms with Crippen molar-refractivity contribution in [1.82, 2.24) is 20.2 Å². The zero-order chi connectivity index (χ0) is 17.1. The van der Waals surface area contributed by atoms with Gasteiger partial charge in [-0.2, -0.15) is 5.10 Å². The Morgan fingerprint density at radius 2 is 1.96 bits per heavy atom. The average Bonchev–Trinajstić information content (AvgIpc) is 3.10. The third-order valence-electron chi connectivity index (χ3n) is 4.36. The van der Waals surface area contributed by atoms with Gasteiger partial charge in [0.2, 0.25) is 0 Å². The Morgan fingerprint density at radius 1 is 1.04 bits per heavy atom. The SMILES string of the molecule is CCCCCc1nc(Nc2ccc3[nH]ncc3c2)c2ccccc2n1. The molecule has 5 nitrogen and oxygen atoms in total. The highest BCUT2D eigenvalue weighted by atomic mass is 15.1. The van der Waals surface area contributed by atoms with Crippen molar-refractivity contribution in [2.24, 2.45) is 0 Å². The van der Waals surface area contributed by atoms with E-state index in [9.17, 15) is 0 Å². The van der Waals surface area contributed by atoms with Gasteiger partial charge in [-0.05, 0) is 36.8 Å². The van der Waals surface area contributed by atoms with Crippen LogP contribution < -0.4 is 5.32 Å². The van der Waals surface area contributed by atoms with Gasteiger partial charge in [0.15, 0.2) is 0 Å². The fourth-order valence-electron chi connectivity index (χ4n) is 3.02. The number of aryl methyl sites for hydroxylation is 1. The lowest BCUT2D eigenvalue weighted by molar-refractivity contribution is 0.696. The van der Waals surface area contributed by atoms with Crippen molar-refractivity contribution in [3.63, 3.8) is 0 Å². The standard InChI is InChI=1S/C20H21N5/c1-2-3-4-9-19-23-18-8-6-5-7-16(18)20(24-19)22-15-10-11-17-14(12-15)13-21-25-17/h5-8,10-13H,2-4,9H2,1H3,(H,21,25)(H,22,23,24). The molecule has 0 aliphatic rings. The van der Waals surface area contributed by atoms with Crippen LogP contribution in [-0.4, -0.2) is 20.2 Å². The van der Waals surface area contributed by atoms with Crippen LogP contribution in [0.5, 0.6) is 0 Å². The molecular formula is C20H21N5. The highest BCUT2D eigenvalue weighted by molar-refractivity contribution is 5.92. The number of rotatable bonds is 6. The summed E-state index contributed by atoms with van der Waals surface area (Å²) < 4.78 is 0. The summed E-state index contributed by atoms with van der Waals surface area (Å²) in [7, 11) is 0. The first-order valence-electron chi connectivity index (χ1n) is 8.79. The molecule has 0 fully saturated rings. The number of benzene rings is 2. The van der Waals surface area contributed by atoms with Crippen molar-refractivity contribution in [3.8, 4) is 0 Å². The fourth-order valence-corrected chi connectivity index (χ4v) is 3.02. The molecule has 2 aromatic carbocycles. The molecule has 126 valence electrons. The van der Waals surface area contributed by atoms with Crippen LogP contribution in [0.2, 0.25) is 0 Å². The molecule has 0 radical (unpaired) electrons. The zero-order valence-electron chi connectivity index (χ0n) is 14.3. The van der Waals surface area contributed by atoms with Crippen LogP contribution in [-0.2, 0) is 6.42 Å². The van der Waals surface area contributed by atoms with Crippen LogP contribution >= 0.6 is 0 Å². The number of fused-ring (bicyclic) bond motifs is 2. The van der Waals surface area contributed by atoms with Gasteiger partial charge >= 0.3 is 0 Å². The van der Waals surface area contributed by atoms with Gasteiger partial charge in [-0.3, -0.25) is 5.10 Å². The molecule has 4 rings (SSSR count).